The fourth-order valence-electron chi connectivity index (χ4n) is 1.88. The van der Waals surface area contributed by atoms with Gasteiger partial charge in [0, 0.05) is 26.2 Å². The molecule has 1 aliphatic rings. The second-order valence-electron chi connectivity index (χ2n) is 5.55. The summed E-state index contributed by atoms with van der Waals surface area (Å²) >= 11 is 0. The van der Waals surface area contributed by atoms with Crippen LogP contribution in [0.3, 0.4) is 0 Å². The van der Waals surface area contributed by atoms with Crippen LogP contribution in [0.25, 0.3) is 0 Å². The van der Waals surface area contributed by atoms with Gasteiger partial charge in [-0.15, -0.1) is 0 Å². The summed E-state index contributed by atoms with van der Waals surface area (Å²) in [5.41, 5.74) is -0.560. The Kier molecular flexibility index (Phi) is 5.17. The molecule has 1 atom stereocenters. The van der Waals surface area contributed by atoms with E-state index in [0.717, 1.165) is 6.42 Å². The van der Waals surface area contributed by atoms with Crippen molar-refractivity contribution in [3.05, 3.63) is 0 Å². The summed E-state index contributed by atoms with van der Waals surface area (Å²) in [7, 11) is -2.06. The Labute approximate surface area is 114 Å². The van der Waals surface area contributed by atoms with Gasteiger partial charge in [-0.3, -0.25) is 0 Å². The molecule has 1 fully saturated rings. The molecule has 112 valence electrons. The van der Waals surface area contributed by atoms with Crippen molar-refractivity contribution < 1.29 is 17.9 Å². The molecule has 1 saturated heterocycles. The Morgan fingerprint density at radius 3 is 2.53 bits per heavy atom. The Hall–Kier alpha value is -0.860. The highest BCUT2D eigenvalue weighted by atomic mass is 32.2. The number of carbonyl (C=O) groups excluding carboxylic acids is 1. The highest BCUT2D eigenvalue weighted by Crippen LogP contribution is 2.14. The molecule has 2 N–H and O–H groups in total. The quantitative estimate of drug-likeness (QED) is 0.790. The molecule has 1 rings (SSSR count). The van der Waals surface area contributed by atoms with E-state index in [1.165, 1.54) is 11.4 Å². The van der Waals surface area contributed by atoms with Crippen LogP contribution < -0.4 is 10.0 Å². The van der Waals surface area contributed by atoms with Crippen molar-refractivity contribution in [1.29, 1.82) is 0 Å². The molecule has 0 bridgehead atoms. The minimum absolute atomic E-state index is 0.216. The largest absolute Gasteiger partial charge is 0.444 e. The number of amides is 1. The summed E-state index contributed by atoms with van der Waals surface area (Å²) in [4.78, 5) is 11.6. The number of nitrogens with zero attached hydrogens (tertiary/aromatic N) is 1. The van der Waals surface area contributed by atoms with Crippen molar-refractivity contribution in [3.8, 4) is 0 Å². The summed E-state index contributed by atoms with van der Waals surface area (Å²) in [5, 5.41) is 2.71. The summed E-state index contributed by atoms with van der Waals surface area (Å²) in [6.07, 6.45) is 0.942. The number of piperidine rings is 1. The normalized spacial score (nSPS) is 22.0. The highest BCUT2D eigenvalue weighted by Gasteiger charge is 2.29. The molecule has 1 aliphatic heterocycles. The monoisotopic (exact) mass is 293 g/mol. The summed E-state index contributed by atoms with van der Waals surface area (Å²) in [6.45, 7) is 6.08. The van der Waals surface area contributed by atoms with Gasteiger partial charge in [0.2, 0.25) is 0 Å². The molecule has 1 heterocycles. The van der Waals surface area contributed by atoms with E-state index in [0.29, 0.717) is 13.0 Å². The number of nitrogens with one attached hydrogen (secondary N) is 2. The average molecular weight is 293 g/mol. The van der Waals surface area contributed by atoms with Crippen LogP contribution in [0.1, 0.15) is 33.6 Å². The van der Waals surface area contributed by atoms with E-state index in [2.05, 4.69) is 10.0 Å². The number of hydrogen-bond donors (Lipinski definition) is 2. The SMILES string of the molecule is CNS(=O)(=O)N1CCCC(NC(=O)OC(C)(C)C)C1. The van der Waals surface area contributed by atoms with Gasteiger partial charge in [0.15, 0.2) is 0 Å². The molecule has 8 heteroatoms. The minimum atomic E-state index is -3.43. The molecular weight excluding hydrogens is 270 g/mol. The third-order valence-electron chi connectivity index (χ3n) is 2.70. The van der Waals surface area contributed by atoms with Crippen LogP contribution in [0.2, 0.25) is 0 Å². The first kappa shape index (κ1) is 16.2. The lowest BCUT2D eigenvalue weighted by Gasteiger charge is -2.32. The van der Waals surface area contributed by atoms with E-state index in [1.807, 2.05) is 0 Å². The molecule has 1 amide bonds. The van der Waals surface area contributed by atoms with Crippen LogP contribution >= 0.6 is 0 Å². The lowest BCUT2D eigenvalue weighted by atomic mass is 10.1. The highest BCUT2D eigenvalue weighted by molar-refractivity contribution is 7.87. The van der Waals surface area contributed by atoms with E-state index in [-0.39, 0.29) is 12.6 Å². The second-order valence-corrected chi connectivity index (χ2v) is 7.43. The zero-order valence-electron chi connectivity index (χ0n) is 11.9. The molecule has 0 radical (unpaired) electrons. The first-order valence-electron chi connectivity index (χ1n) is 6.32. The molecule has 0 aliphatic carbocycles. The standard InChI is InChI=1S/C11H23N3O4S/c1-11(2,3)18-10(15)13-9-6-5-7-14(8-9)19(16,17)12-4/h9,12H,5-8H2,1-4H3,(H,13,15). The van der Waals surface area contributed by atoms with Crippen LogP contribution in [0.4, 0.5) is 4.79 Å². The van der Waals surface area contributed by atoms with Gasteiger partial charge in [0.25, 0.3) is 10.2 Å². The third-order valence-corrected chi connectivity index (χ3v) is 4.23. The van der Waals surface area contributed by atoms with Crippen LogP contribution in [0, 0.1) is 0 Å². The summed E-state index contributed by atoms with van der Waals surface area (Å²) in [6, 6.07) is -0.216. The summed E-state index contributed by atoms with van der Waals surface area (Å²) < 4.78 is 32.1. The van der Waals surface area contributed by atoms with E-state index >= 15 is 0 Å². The second kappa shape index (κ2) is 6.06. The van der Waals surface area contributed by atoms with Crippen molar-refractivity contribution in [2.45, 2.75) is 45.3 Å². The van der Waals surface area contributed by atoms with Crippen molar-refractivity contribution in [2.75, 3.05) is 20.1 Å². The fraction of sp³-hybridized carbons (Fsp3) is 0.909. The van der Waals surface area contributed by atoms with Gasteiger partial charge in [-0.2, -0.15) is 12.7 Å². The predicted octanol–water partition coefficient (Wildman–Crippen LogP) is 0.440. The number of ether oxygens (including phenoxy) is 1. The smallest absolute Gasteiger partial charge is 0.407 e. The first-order valence-corrected chi connectivity index (χ1v) is 7.76. The van der Waals surface area contributed by atoms with E-state index < -0.39 is 21.9 Å². The van der Waals surface area contributed by atoms with Gasteiger partial charge in [0.05, 0.1) is 0 Å². The van der Waals surface area contributed by atoms with Crippen LogP contribution in [-0.2, 0) is 14.9 Å². The molecule has 19 heavy (non-hydrogen) atoms. The van der Waals surface area contributed by atoms with Crippen LogP contribution in [0.15, 0.2) is 0 Å². The Bertz CT molecular complexity index is 416. The maximum atomic E-state index is 11.7. The van der Waals surface area contributed by atoms with E-state index in [1.54, 1.807) is 20.8 Å². The fourth-order valence-corrected chi connectivity index (χ4v) is 2.89. The molecule has 7 nitrogen and oxygen atoms in total. The zero-order chi connectivity index (χ0) is 14.7. The lowest BCUT2D eigenvalue weighted by molar-refractivity contribution is 0.0487. The number of alkyl carbamates (subject to hydrolysis) is 1. The lowest BCUT2D eigenvalue weighted by Crippen LogP contribution is -2.52. The zero-order valence-corrected chi connectivity index (χ0v) is 12.7. The molecule has 0 aromatic rings. The molecular formula is C11H23N3O4S. The topological polar surface area (TPSA) is 87.7 Å². The molecule has 0 spiro atoms. The number of carbonyl (C=O) groups is 1. The average Bonchev–Trinajstić information content (AvgIpc) is 2.26. The number of hydrogen-bond acceptors (Lipinski definition) is 4. The Balaban J connectivity index is 2.54. The van der Waals surface area contributed by atoms with Gasteiger partial charge < -0.3 is 10.1 Å². The first-order chi connectivity index (χ1) is 8.64. The van der Waals surface area contributed by atoms with Crippen molar-refractivity contribution in [1.82, 2.24) is 14.3 Å². The van der Waals surface area contributed by atoms with E-state index in [4.69, 9.17) is 4.74 Å². The van der Waals surface area contributed by atoms with Crippen LogP contribution in [-0.4, -0.2) is 50.6 Å². The van der Waals surface area contributed by atoms with Crippen LogP contribution in [0.5, 0.6) is 0 Å². The maximum Gasteiger partial charge on any atom is 0.407 e. The maximum absolute atomic E-state index is 11.7. The van der Waals surface area contributed by atoms with E-state index in [9.17, 15) is 13.2 Å². The van der Waals surface area contributed by atoms with Gasteiger partial charge in [0.1, 0.15) is 5.60 Å². The van der Waals surface area contributed by atoms with Gasteiger partial charge in [-0.1, -0.05) is 0 Å². The third kappa shape index (κ3) is 5.33. The van der Waals surface area contributed by atoms with Crippen molar-refractivity contribution >= 4 is 16.3 Å². The van der Waals surface area contributed by atoms with Crippen molar-refractivity contribution in [2.24, 2.45) is 0 Å². The molecule has 1 unspecified atom stereocenters. The van der Waals surface area contributed by atoms with Gasteiger partial charge >= 0.3 is 6.09 Å². The molecule has 0 aromatic carbocycles. The Morgan fingerprint density at radius 1 is 1.37 bits per heavy atom. The minimum Gasteiger partial charge on any atom is -0.444 e. The Morgan fingerprint density at radius 2 is 2.00 bits per heavy atom. The summed E-state index contributed by atoms with van der Waals surface area (Å²) in [5.74, 6) is 0. The van der Waals surface area contributed by atoms with Gasteiger partial charge in [-0.05, 0) is 33.6 Å². The van der Waals surface area contributed by atoms with Gasteiger partial charge in [-0.25, -0.2) is 9.52 Å². The predicted molar refractivity (Wildman–Crippen MR) is 71.9 cm³/mol. The van der Waals surface area contributed by atoms with Crippen molar-refractivity contribution in [3.63, 3.8) is 0 Å². The molecule has 0 saturated carbocycles. The number of rotatable bonds is 3. The molecule has 0 aromatic heterocycles.